The summed E-state index contributed by atoms with van der Waals surface area (Å²) in [5, 5.41) is 2.74. The lowest BCUT2D eigenvalue weighted by molar-refractivity contribution is -0.117. The molecule has 0 fully saturated rings. The van der Waals surface area contributed by atoms with E-state index in [0.717, 1.165) is 11.3 Å². The summed E-state index contributed by atoms with van der Waals surface area (Å²) in [6.07, 6.45) is 0. The van der Waals surface area contributed by atoms with Crippen molar-refractivity contribution in [3.05, 3.63) is 59.9 Å². The van der Waals surface area contributed by atoms with E-state index in [4.69, 9.17) is 4.74 Å². The molecule has 0 aromatic heterocycles. The number of hydrogen-bond acceptors (Lipinski definition) is 3. The second-order valence-corrected chi connectivity index (χ2v) is 5.08. The van der Waals surface area contributed by atoms with Gasteiger partial charge in [0, 0.05) is 12.2 Å². The number of amides is 1. The standard InChI is InChI=1S/C17H19FN2O2/c1-20(11-13-4-3-5-16(10-13)22-2)12-17(21)19-15-8-6-14(18)7-9-15/h3-10H,11-12H2,1-2H3,(H,19,21). The van der Waals surface area contributed by atoms with Gasteiger partial charge in [0.15, 0.2) is 0 Å². The molecule has 0 bridgehead atoms. The number of hydrogen-bond donors (Lipinski definition) is 1. The summed E-state index contributed by atoms with van der Waals surface area (Å²) < 4.78 is 18.0. The van der Waals surface area contributed by atoms with Gasteiger partial charge >= 0.3 is 0 Å². The van der Waals surface area contributed by atoms with Crippen molar-refractivity contribution in [2.24, 2.45) is 0 Å². The average Bonchev–Trinajstić information content (AvgIpc) is 2.49. The second-order valence-electron chi connectivity index (χ2n) is 5.08. The molecular weight excluding hydrogens is 283 g/mol. The Morgan fingerprint density at radius 3 is 2.64 bits per heavy atom. The summed E-state index contributed by atoms with van der Waals surface area (Å²) in [4.78, 5) is 13.8. The number of anilines is 1. The Labute approximate surface area is 129 Å². The van der Waals surface area contributed by atoms with Crippen LogP contribution < -0.4 is 10.1 Å². The second kappa shape index (κ2) is 7.56. The zero-order chi connectivity index (χ0) is 15.9. The molecule has 0 radical (unpaired) electrons. The lowest BCUT2D eigenvalue weighted by Crippen LogP contribution is -2.29. The topological polar surface area (TPSA) is 41.6 Å². The van der Waals surface area contributed by atoms with E-state index in [2.05, 4.69) is 5.32 Å². The highest BCUT2D eigenvalue weighted by Gasteiger charge is 2.08. The van der Waals surface area contributed by atoms with Gasteiger partial charge in [0.2, 0.25) is 5.91 Å². The highest BCUT2D eigenvalue weighted by atomic mass is 19.1. The molecule has 0 saturated heterocycles. The van der Waals surface area contributed by atoms with E-state index in [0.29, 0.717) is 12.2 Å². The third kappa shape index (κ3) is 4.86. The first-order valence-electron chi connectivity index (χ1n) is 6.93. The van der Waals surface area contributed by atoms with E-state index in [9.17, 15) is 9.18 Å². The van der Waals surface area contributed by atoms with E-state index in [-0.39, 0.29) is 18.3 Å². The van der Waals surface area contributed by atoms with Crippen LogP contribution in [0.25, 0.3) is 0 Å². The van der Waals surface area contributed by atoms with Crippen LogP contribution in [-0.4, -0.2) is 31.5 Å². The predicted molar refractivity (Wildman–Crippen MR) is 84.4 cm³/mol. The van der Waals surface area contributed by atoms with Crippen LogP contribution in [0.1, 0.15) is 5.56 Å². The summed E-state index contributed by atoms with van der Waals surface area (Å²) in [5.74, 6) is 0.326. The molecule has 0 aliphatic carbocycles. The molecule has 22 heavy (non-hydrogen) atoms. The number of methoxy groups -OCH3 is 1. The molecular formula is C17H19FN2O2. The first kappa shape index (κ1) is 16.0. The van der Waals surface area contributed by atoms with Crippen molar-refractivity contribution < 1.29 is 13.9 Å². The molecule has 0 spiro atoms. The molecule has 1 N–H and O–H groups in total. The Bertz CT molecular complexity index is 629. The van der Waals surface area contributed by atoms with E-state index in [1.54, 1.807) is 7.11 Å². The van der Waals surface area contributed by atoms with Gasteiger partial charge in [-0.15, -0.1) is 0 Å². The molecule has 1 amide bonds. The van der Waals surface area contributed by atoms with Crippen LogP contribution in [0.5, 0.6) is 5.75 Å². The number of rotatable bonds is 6. The van der Waals surface area contributed by atoms with Crippen LogP contribution in [-0.2, 0) is 11.3 Å². The predicted octanol–water partition coefficient (Wildman–Crippen LogP) is 2.90. The van der Waals surface area contributed by atoms with Crippen LogP contribution in [0.4, 0.5) is 10.1 Å². The van der Waals surface area contributed by atoms with E-state index in [1.807, 2.05) is 36.2 Å². The molecule has 2 aromatic carbocycles. The Morgan fingerprint density at radius 1 is 1.23 bits per heavy atom. The van der Waals surface area contributed by atoms with Crippen LogP contribution in [0.2, 0.25) is 0 Å². The van der Waals surface area contributed by atoms with Gasteiger partial charge in [0.1, 0.15) is 11.6 Å². The number of carbonyl (C=O) groups excluding carboxylic acids is 1. The van der Waals surface area contributed by atoms with Crippen molar-refractivity contribution in [2.75, 3.05) is 26.0 Å². The minimum atomic E-state index is -0.326. The van der Waals surface area contributed by atoms with Gasteiger partial charge in [-0.1, -0.05) is 12.1 Å². The Kier molecular flexibility index (Phi) is 5.49. The normalized spacial score (nSPS) is 10.5. The first-order chi connectivity index (χ1) is 10.6. The van der Waals surface area contributed by atoms with Crippen LogP contribution in [0.3, 0.4) is 0 Å². The van der Waals surface area contributed by atoms with Gasteiger partial charge in [-0.2, -0.15) is 0 Å². The Hall–Kier alpha value is -2.40. The summed E-state index contributed by atoms with van der Waals surface area (Å²) in [7, 11) is 3.49. The fourth-order valence-corrected chi connectivity index (χ4v) is 2.12. The number of benzene rings is 2. The van der Waals surface area contributed by atoms with Gasteiger partial charge in [-0.05, 0) is 49.0 Å². The monoisotopic (exact) mass is 302 g/mol. The van der Waals surface area contributed by atoms with Crippen LogP contribution >= 0.6 is 0 Å². The van der Waals surface area contributed by atoms with Gasteiger partial charge in [-0.3, -0.25) is 9.69 Å². The smallest absolute Gasteiger partial charge is 0.238 e. The molecule has 0 unspecified atom stereocenters. The highest BCUT2D eigenvalue weighted by molar-refractivity contribution is 5.92. The molecule has 4 nitrogen and oxygen atoms in total. The lowest BCUT2D eigenvalue weighted by Gasteiger charge is -2.16. The van der Waals surface area contributed by atoms with Crippen molar-refractivity contribution in [1.29, 1.82) is 0 Å². The first-order valence-corrected chi connectivity index (χ1v) is 6.93. The third-order valence-corrected chi connectivity index (χ3v) is 3.13. The third-order valence-electron chi connectivity index (χ3n) is 3.13. The maximum atomic E-state index is 12.8. The zero-order valence-corrected chi connectivity index (χ0v) is 12.7. The average molecular weight is 302 g/mol. The summed E-state index contributed by atoms with van der Waals surface area (Å²) in [6.45, 7) is 0.878. The number of nitrogens with zero attached hydrogens (tertiary/aromatic N) is 1. The van der Waals surface area contributed by atoms with Gasteiger partial charge in [0.05, 0.1) is 13.7 Å². The lowest BCUT2D eigenvalue weighted by atomic mass is 10.2. The maximum absolute atomic E-state index is 12.8. The van der Waals surface area contributed by atoms with Crippen molar-refractivity contribution >= 4 is 11.6 Å². The van der Waals surface area contributed by atoms with Gasteiger partial charge in [-0.25, -0.2) is 4.39 Å². The SMILES string of the molecule is COc1cccc(CN(C)CC(=O)Nc2ccc(F)cc2)c1. The fraction of sp³-hybridized carbons (Fsp3) is 0.235. The number of nitrogens with one attached hydrogen (secondary N) is 1. The molecule has 116 valence electrons. The molecule has 0 aliphatic rings. The zero-order valence-electron chi connectivity index (χ0n) is 12.7. The summed E-state index contributed by atoms with van der Waals surface area (Å²) in [5.41, 5.74) is 1.65. The van der Waals surface area contributed by atoms with Gasteiger partial charge in [0.25, 0.3) is 0 Å². The van der Waals surface area contributed by atoms with Crippen LogP contribution in [0.15, 0.2) is 48.5 Å². The molecule has 0 saturated carbocycles. The molecule has 2 rings (SSSR count). The molecule has 2 aromatic rings. The maximum Gasteiger partial charge on any atom is 0.238 e. The fourth-order valence-electron chi connectivity index (χ4n) is 2.12. The number of ether oxygens (including phenoxy) is 1. The summed E-state index contributed by atoms with van der Waals surface area (Å²) >= 11 is 0. The number of halogens is 1. The molecule has 0 heterocycles. The van der Waals surface area contributed by atoms with Crippen LogP contribution in [0, 0.1) is 5.82 Å². The van der Waals surface area contributed by atoms with E-state index in [1.165, 1.54) is 24.3 Å². The van der Waals surface area contributed by atoms with E-state index >= 15 is 0 Å². The molecule has 5 heteroatoms. The van der Waals surface area contributed by atoms with Gasteiger partial charge < -0.3 is 10.1 Å². The van der Waals surface area contributed by atoms with Crippen molar-refractivity contribution in [2.45, 2.75) is 6.54 Å². The minimum Gasteiger partial charge on any atom is -0.497 e. The Balaban J connectivity index is 1.86. The number of likely N-dealkylation sites (N-methyl/N-ethyl adjacent to an activating group) is 1. The van der Waals surface area contributed by atoms with Crippen molar-refractivity contribution in [1.82, 2.24) is 4.90 Å². The minimum absolute atomic E-state index is 0.142. The largest absolute Gasteiger partial charge is 0.497 e. The van der Waals surface area contributed by atoms with Crippen molar-refractivity contribution in [3.8, 4) is 5.75 Å². The molecule has 0 atom stereocenters. The van der Waals surface area contributed by atoms with Crippen molar-refractivity contribution in [3.63, 3.8) is 0 Å². The van der Waals surface area contributed by atoms with E-state index < -0.39 is 0 Å². The highest BCUT2D eigenvalue weighted by Crippen LogP contribution is 2.14. The Morgan fingerprint density at radius 2 is 1.95 bits per heavy atom. The summed E-state index contributed by atoms with van der Waals surface area (Å²) in [6, 6.07) is 13.4. The number of carbonyl (C=O) groups is 1. The molecule has 0 aliphatic heterocycles. The quantitative estimate of drug-likeness (QED) is 0.892.